The first-order chi connectivity index (χ1) is 5.74. The summed E-state index contributed by atoms with van der Waals surface area (Å²) in [6.45, 7) is 6.49. The van der Waals surface area contributed by atoms with Crippen molar-refractivity contribution in [2.75, 3.05) is 0 Å². The lowest BCUT2D eigenvalue weighted by atomic mass is 9.86. The van der Waals surface area contributed by atoms with Crippen molar-refractivity contribution in [1.29, 1.82) is 0 Å². The van der Waals surface area contributed by atoms with E-state index in [4.69, 9.17) is 5.11 Å². The highest BCUT2D eigenvalue weighted by molar-refractivity contribution is 4.69. The van der Waals surface area contributed by atoms with Crippen molar-refractivity contribution < 1.29 is 5.11 Å². The van der Waals surface area contributed by atoms with Crippen molar-refractivity contribution in [2.24, 2.45) is 5.92 Å². The quantitative estimate of drug-likeness (QED) is 0.643. The first-order valence-electron chi connectivity index (χ1n) is 5.42. The summed E-state index contributed by atoms with van der Waals surface area (Å²) in [6, 6.07) is 0. The number of rotatable bonds is 1. The molecule has 0 amide bonds. The maximum Gasteiger partial charge on any atom is 0.0540 e. The van der Waals surface area contributed by atoms with E-state index in [0.717, 1.165) is 18.8 Å². The van der Waals surface area contributed by atoms with Gasteiger partial charge in [-0.25, -0.2) is 0 Å². The third-order valence-corrected chi connectivity index (χ3v) is 2.39. The minimum Gasteiger partial charge on any atom is -0.393 e. The van der Waals surface area contributed by atoms with Crippen LogP contribution in [0.1, 0.15) is 59.3 Å². The van der Waals surface area contributed by atoms with Crippen LogP contribution < -0.4 is 0 Å². The predicted octanol–water partition coefficient (Wildman–Crippen LogP) is 3.36. The van der Waals surface area contributed by atoms with E-state index in [1.807, 2.05) is 0 Å². The third-order valence-electron chi connectivity index (χ3n) is 2.39. The molecule has 1 fully saturated rings. The lowest BCUT2D eigenvalue weighted by molar-refractivity contribution is 0.108. The normalized spacial score (nSPS) is 29.0. The zero-order valence-corrected chi connectivity index (χ0v) is 8.84. The summed E-state index contributed by atoms with van der Waals surface area (Å²) in [4.78, 5) is 0. The Morgan fingerprint density at radius 2 is 1.42 bits per heavy atom. The van der Waals surface area contributed by atoms with Crippen LogP contribution in [0, 0.1) is 5.92 Å². The molecule has 12 heavy (non-hydrogen) atoms. The largest absolute Gasteiger partial charge is 0.393 e. The van der Waals surface area contributed by atoms with E-state index in [0.29, 0.717) is 0 Å². The minimum absolute atomic E-state index is 0.0211. The molecule has 0 atom stereocenters. The highest BCUT2D eigenvalue weighted by Gasteiger charge is 2.16. The molecule has 1 heteroatoms. The lowest BCUT2D eigenvalue weighted by Gasteiger charge is -2.23. The second kappa shape index (κ2) is 7.60. The van der Waals surface area contributed by atoms with E-state index in [1.165, 1.54) is 25.7 Å². The van der Waals surface area contributed by atoms with Gasteiger partial charge in [0.15, 0.2) is 0 Å². The molecular formula is C11H24O. The fraction of sp³-hybridized carbons (Fsp3) is 1.00. The van der Waals surface area contributed by atoms with Crippen molar-refractivity contribution in [3.63, 3.8) is 0 Å². The standard InChI is InChI=1S/C8H16O.C3H8/c1-2-7-3-5-8(9)6-4-7;1-3-2/h7-9H,2-6H2,1H3;3H2,1-2H3. The summed E-state index contributed by atoms with van der Waals surface area (Å²) in [5.41, 5.74) is 0. The van der Waals surface area contributed by atoms with Gasteiger partial charge in [0.1, 0.15) is 0 Å². The predicted molar refractivity (Wildman–Crippen MR) is 54.2 cm³/mol. The molecule has 0 aliphatic heterocycles. The Hall–Kier alpha value is -0.0400. The Kier molecular flexibility index (Phi) is 7.58. The molecule has 0 aromatic rings. The second-order valence-electron chi connectivity index (χ2n) is 3.79. The third kappa shape index (κ3) is 5.59. The Morgan fingerprint density at radius 1 is 1.00 bits per heavy atom. The summed E-state index contributed by atoms with van der Waals surface area (Å²) < 4.78 is 0. The van der Waals surface area contributed by atoms with Crippen LogP contribution in [0.5, 0.6) is 0 Å². The molecule has 0 saturated heterocycles. The molecule has 1 N–H and O–H groups in total. The first kappa shape index (κ1) is 12.0. The summed E-state index contributed by atoms with van der Waals surface area (Å²) in [5, 5.41) is 9.12. The molecular weight excluding hydrogens is 148 g/mol. The highest BCUT2D eigenvalue weighted by Crippen LogP contribution is 2.25. The molecule has 0 aromatic carbocycles. The Balaban J connectivity index is 0.000000354. The van der Waals surface area contributed by atoms with E-state index in [1.54, 1.807) is 0 Å². The monoisotopic (exact) mass is 172 g/mol. The van der Waals surface area contributed by atoms with Gasteiger partial charge in [-0.15, -0.1) is 0 Å². The smallest absolute Gasteiger partial charge is 0.0540 e. The molecule has 1 saturated carbocycles. The van der Waals surface area contributed by atoms with E-state index in [2.05, 4.69) is 20.8 Å². The number of aliphatic hydroxyl groups excluding tert-OH is 1. The average molecular weight is 172 g/mol. The first-order valence-corrected chi connectivity index (χ1v) is 5.42. The molecule has 0 unspecified atom stereocenters. The fourth-order valence-corrected chi connectivity index (χ4v) is 1.55. The van der Waals surface area contributed by atoms with Crippen LogP contribution in [0.15, 0.2) is 0 Å². The van der Waals surface area contributed by atoms with Gasteiger partial charge in [0.05, 0.1) is 6.10 Å². The summed E-state index contributed by atoms with van der Waals surface area (Å²) >= 11 is 0. The molecule has 1 nitrogen and oxygen atoms in total. The zero-order valence-electron chi connectivity index (χ0n) is 8.84. The van der Waals surface area contributed by atoms with Crippen molar-refractivity contribution in [3.8, 4) is 0 Å². The van der Waals surface area contributed by atoms with Gasteiger partial charge in [-0.2, -0.15) is 0 Å². The molecule has 0 heterocycles. The van der Waals surface area contributed by atoms with Crippen molar-refractivity contribution in [1.82, 2.24) is 0 Å². The maximum absolute atomic E-state index is 9.12. The van der Waals surface area contributed by atoms with Gasteiger partial charge in [0, 0.05) is 0 Å². The van der Waals surface area contributed by atoms with E-state index in [-0.39, 0.29) is 6.10 Å². The molecule has 0 radical (unpaired) electrons. The molecule has 0 bridgehead atoms. The van der Waals surface area contributed by atoms with Gasteiger partial charge >= 0.3 is 0 Å². The van der Waals surface area contributed by atoms with Gasteiger partial charge in [-0.1, -0.05) is 33.6 Å². The van der Waals surface area contributed by atoms with Crippen molar-refractivity contribution in [2.45, 2.75) is 65.4 Å². The van der Waals surface area contributed by atoms with Crippen LogP contribution >= 0.6 is 0 Å². The van der Waals surface area contributed by atoms with Crippen LogP contribution in [0.4, 0.5) is 0 Å². The van der Waals surface area contributed by atoms with E-state index < -0.39 is 0 Å². The van der Waals surface area contributed by atoms with E-state index in [9.17, 15) is 0 Å². The minimum atomic E-state index is 0.0211. The molecule has 0 aromatic heterocycles. The Morgan fingerprint density at radius 3 is 1.75 bits per heavy atom. The van der Waals surface area contributed by atoms with Gasteiger partial charge in [0.25, 0.3) is 0 Å². The average Bonchev–Trinajstić information content (AvgIpc) is 2.07. The molecule has 1 rings (SSSR count). The molecule has 1 aliphatic rings. The maximum atomic E-state index is 9.12. The molecule has 74 valence electrons. The fourth-order valence-electron chi connectivity index (χ4n) is 1.55. The van der Waals surface area contributed by atoms with Crippen LogP contribution in [-0.4, -0.2) is 11.2 Å². The van der Waals surface area contributed by atoms with Gasteiger partial charge in [-0.3, -0.25) is 0 Å². The van der Waals surface area contributed by atoms with E-state index >= 15 is 0 Å². The van der Waals surface area contributed by atoms with Gasteiger partial charge in [0.2, 0.25) is 0 Å². The Bertz CT molecular complexity index is 83.0. The van der Waals surface area contributed by atoms with Crippen LogP contribution in [0.2, 0.25) is 0 Å². The van der Waals surface area contributed by atoms with Crippen molar-refractivity contribution >= 4 is 0 Å². The summed E-state index contributed by atoms with van der Waals surface area (Å²) in [7, 11) is 0. The summed E-state index contributed by atoms with van der Waals surface area (Å²) in [6.07, 6.45) is 7.15. The molecule has 1 aliphatic carbocycles. The van der Waals surface area contributed by atoms with Crippen LogP contribution in [0.3, 0.4) is 0 Å². The second-order valence-corrected chi connectivity index (χ2v) is 3.79. The van der Waals surface area contributed by atoms with Gasteiger partial charge < -0.3 is 5.11 Å². The summed E-state index contributed by atoms with van der Waals surface area (Å²) in [5.74, 6) is 0.911. The van der Waals surface area contributed by atoms with Crippen LogP contribution in [0.25, 0.3) is 0 Å². The number of hydrogen-bond acceptors (Lipinski definition) is 1. The number of hydrogen-bond donors (Lipinski definition) is 1. The zero-order chi connectivity index (χ0) is 9.40. The van der Waals surface area contributed by atoms with Crippen LogP contribution in [-0.2, 0) is 0 Å². The van der Waals surface area contributed by atoms with Gasteiger partial charge in [-0.05, 0) is 31.6 Å². The van der Waals surface area contributed by atoms with Crippen molar-refractivity contribution in [3.05, 3.63) is 0 Å². The highest BCUT2D eigenvalue weighted by atomic mass is 16.3. The Labute approximate surface area is 77.2 Å². The SMILES string of the molecule is CCC.CCC1CCC(O)CC1. The molecule has 0 spiro atoms. The number of aliphatic hydroxyl groups is 1. The lowest BCUT2D eigenvalue weighted by Crippen LogP contribution is -2.17. The topological polar surface area (TPSA) is 20.2 Å².